The lowest BCUT2D eigenvalue weighted by Crippen LogP contribution is -2.47. The number of hydrogen-bond donors (Lipinski definition) is 1. The Morgan fingerprint density at radius 2 is 2.11 bits per heavy atom. The number of nitrogens with one attached hydrogen (secondary N) is 1. The maximum absolute atomic E-state index is 13.7. The van der Waals surface area contributed by atoms with E-state index in [9.17, 15) is 4.39 Å². The molecule has 0 aliphatic carbocycles. The number of aryl methyl sites for hydroxylation is 1. The van der Waals surface area contributed by atoms with Crippen LogP contribution in [0, 0.1) is 19.7 Å². The number of anilines is 1. The normalized spacial score (nSPS) is 23.4. The highest BCUT2D eigenvalue weighted by molar-refractivity contribution is 5.57. The Labute approximate surface area is 116 Å². The summed E-state index contributed by atoms with van der Waals surface area (Å²) >= 11 is 0. The molecule has 19 heavy (non-hydrogen) atoms. The molecule has 0 radical (unpaired) electrons. The number of halogens is 1. The Balaban J connectivity index is 2.31. The van der Waals surface area contributed by atoms with E-state index in [4.69, 9.17) is 0 Å². The molecule has 1 aromatic rings. The van der Waals surface area contributed by atoms with E-state index >= 15 is 0 Å². The monoisotopic (exact) mass is 264 g/mol. The lowest BCUT2D eigenvalue weighted by Gasteiger charge is -2.39. The largest absolute Gasteiger partial charge is 0.368 e. The zero-order chi connectivity index (χ0) is 14.0. The zero-order valence-corrected chi connectivity index (χ0v) is 12.5. The van der Waals surface area contributed by atoms with Gasteiger partial charge in [0.15, 0.2) is 0 Å². The summed E-state index contributed by atoms with van der Waals surface area (Å²) in [5.74, 6) is -0.126. The van der Waals surface area contributed by atoms with E-state index in [-0.39, 0.29) is 5.82 Å². The van der Waals surface area contributed by atoms with Gasteiger partial charge in [0, 0.05) is 24.3 Å². The Kier molecular flexibility index (Phi) is 4.46. The average Bonchev–Trinajstić information content (AvgIpc) is 2.36. The SMILES string of the molecule is CCN(c1cc(F)cc(C)c1C)C1CCNC(C)C1. The van der Waals surface area contributed by atoms with E-state index in [2.05, 4.69) is 31.0 Å². The fourth-order valence-corrected chi connectivity index (χ4v) is 3.11. The maximum Gasteiger partial charge on any atom is 0.125 e. The Morgan fingerprint density at radius 3 is 2.74 bits per heavy atom. The second-order valence-electron chi connectivity index (χ2n) is 5.69. The highest BCUT2D eigenvalue weighted by Gasteiger charge is 2.25. The van der Waals surface area contributed by atoms with Crippen LogP contribution in [-0.4, -0.2) is 25.2 Å². The van der Waals surface area contributed by atoms with Crippen LogP contribution in [0.1, 0.15) is 37.8 Å². The molecule has 1 N–H and O–H groups in total. The number of nitrogens with zero attached hydrogens (tertiary/aromatic N) is 1. The molecule has 2 unspecified atom stereocenters. The fourth-order valence-electron chi connectivity index (χ4n) is 3.11. The lowest BCUT2D eigenvalue weighted by atomic mass is 9.97. The first kappa shape index (κ1) is 14.3. The van der Waals surface area contributed by atoms with E-state index < -0.39 is 0 Å². The third-order valence-electron chi connectivity index (χ3n) is 4.29. The van der Waals surface area contributed by atoms with Crippen molar-refractivity contribution in [2.24, 2.45) is 0 Å². The topological polar surface area (TPSA) is 15.3 Å². The molecule has 0 amide bonds. The average molecular weight is 264 g/mol. The summed E-state index contributed by atoms with van der Waals surface area (Å²) in [6, 6.07) is 4.37. The first-order chi connectivity index (χ1) is 9.02. The summed E-state index contributed by atoms with van der Waals surface area (Å²) in [7, 11) is 0. The van der Waals surface area contributed by atoms with Crippen molar-refractivity contribution in [1.29, 1.82) is 0 Å². The standard InChI is InChI=1S/C16H25FN2/c1-5-19(15-6-7-18-12(3)9-15)16-10-14(17)8-11(2)13(16)4/h8,10,12,15,18H,5-7,9H2,1-4H3. The van der Waals surface area contributed by atoms with Crippen LogP contribution in [-0.2, 0) is 0 Å². The molecule has 2 atom stereocenters. The molecule has 2 rings (SSSR count). The van der Waals surface area contributed by atoms with E-state index in [1.54, 1.807) is 12.1 Å². The maximum atomic E-state index is 13.7. The molecule has 1 fully saturated rings. The first-order valence-electron chi connectivity index (χ1n) is 7.29. The summed E-state index contributed by atoms with van der Waals surface area (Å²) in [5, 5.41) is 3.48. The lowest BCUT2D eigenvalue weighted by molar-refractivity contribution is 0.365. The van der Waals surface area contributed by atoms with Crippen LogP contribution in [0.15, 0.2) is 12.1 Å². The molecule has 1 saturated heterocycles. The van der Waals surface area contributed by atoms with Gasteiger partial charge in [0.1, 0.15) is 5.82 Å². The number of benzene rings is 1. The van der Waals surface area contributed by atoms with Crippen LogP contribution in [0.5, 0.6) is 0 Å². The van der Waals surface area contributed by atoms with E-state index in [0.29, 0.717) is 12.1 Å². The van der Waals surface area contributed by atoms with Gasteiger partial charge in [0.25, 0.3) is 0 Å². The van der Waals surface area contributed by atoms with Gasteiger partial charge in [-0.1, -0.05) is 0 Å². The van der Waals surface area contributed by atoms with Crippen molar-refractivity contribution >= 4 is 5.69 Å². The van der Waals surface area contributed by atoms with Crippen LogP contribution in [0.2, 0.25) is 0 Å². The number of piperidine rings is 1. The molecular weight excluding hydrogens is 239 g/mol. The summed E-state index contributed by atoms with van der Waals surface area (Å²) in [6.45, 7) is 10.4. The smallest absolute Gasteiger partial charge is 0.125 e. The Morgan fingerprint density at radius 1 is 1.37 bits per heavy atom. The van der Waals surface area contributed by atoms with E-state index in [1.807, 2.05) is 6.92 Å². The van der Waals surface area contributed by atoms with Gasteiger partial charge in [0.05, 0.1) is 0 Å². The third kappa shape index (κ3) is 3.08. The summed E-state index contributed by atoms with van der Waals surface area (Å²) in [6.07, 6.45) is 2.26. The van der Waals surface area contributed by atoms with Crippen LogP contribution >= 0.6 is 0 Å². The zero-order valence-electron chi connectivity index (χ0n) is 12.5. The minimum absolute atomic E-state index is 0.126. The van der Waals surface area contributed by atoms with Gasteiger partial charge in [-0.2, -0.15) is 0 Å². The molecule has 1 aliphatic heterocycles. The molecule has 1 heterocycles. The van der Waals surface area contributed by atoms with Crippen molar-refractivity contribution in [2.75, 3.05) is 18.0 Å². The highest BCUT2D eigenvalue weighted by atomic mass is 19.1. The molecular formula is C16H25FN2. The van der Waals surface area contributed by atoms with E-state index in [0.717, 1.165) is 37.2 Å². The summed E-state index contributed by atoms with van der Waals surface area (Å²) in [4.78, 5) is 2.38. The molecule has 1 aromatic carbocycles. The number of hydrogen-bond acceptors (Lipinski definition) is 2. The Hall–Kier alpha value is -1.09. The Bertz CT molecular complexity index is 445. The third-order valence-corrected chi connectivity index (χ3v) is 4.29. The molecule has 0 bridgehead atoms. The van der Waals surface area contributed by atoms with Gasteiger partial charge in [-0.25, -0.2) is 4.39 Å². The van der Waals surface area contributed by atoms with Gasteiger partial charge in [-0.05, 0) is 70.3 Å². The van der Waals surface area contributed by atoms with Crippen molar-refractivity contribution in [3.63, 3.8) is 0 Å². The second-order valence-corrected chi connectivity index (χ2v) is 5.69. The minimum atomic E-state index is -0.126. The summed E-state index contributed by atoms with van der Waals surface area (Å²) < 4.78 is 13.7. The molecule has 3 heteroatoms. The number of rotatable bonds is 3. The predicted octanol–water partition coefficient (Wildman–Crippen LogP) is 3.41. The van der Waals surface area contributed by atoms with Gasteiger partial charge in [-0.3, -0.25) is 0 Å². The van der Waals surface area contributed by atoms with Crippen LogP contribution in [0.4, 0.5) is 10.1 Å². The predicted molar refractivity (Wildman–Crippen MR) is 79.4 cm³/mol. The first-order valence-corrected chi connectivity index (χ1v) is 7.29. The fraction of sp³-hybridized carbons (Fsp3) is 0.625. The minimum Gasteiger partial charge on any atom is -0.368 e. The van der Waals surface area contributed by atoms with Gasteiger partial charge < -0.3 is 10.2 Å². The molecule has 0 saturated carbocycles. The van der Waals surface area contributed by atoms with Crippen molar-refractivity contribution in [3.05, 3.63) is 29.1 Å². The molecule has 2 nitrogen and oxygen atoms in total. The van der Waals surface area contributed by atoms with Gasteiger partial charge >= 0.3 is 0 Å². The van der Waals surface area contributed by atoms with E-state index in [1.165, 1.54) is 5.56 Å². The van der Waals surface area contributed by atoms with Crippen molar-refractivity contribution in [1.82, 2.24) is 5.32 Å². The summed E-state index contributed by atoms with van der Waals surface area (Å²) in [5.41, 5.74) is 3.31. The van der Waals surface area contributed by atoms with Gasteiger partial charge in [0.2, 0.25) is 0 Å². The molecule has 1 aliphatic rings. The van der Waals surface area contributed by atoms with Crippen LogP contribution in [0.3, 0.4) is 0 Å². The quantitative estimate of drug-likeness (QED) is 0.900. The van der Waals surface area contributed by atoms with Crippen LogP contribution in [0.25, 0.3) is 0 Å². The van der Waals surface area contributed by atoms with Crippen LogP contribution < -0.4 is 10.2 Å². The van der Waals surface area contributed by atoms with Crippen molar-refractivity contribution in [2.45, 2.75) is 52.6 Å². The van der Waals surface area contributed by atoms with Crippen molar-refractivity contribution < 1.29 is 4.39 Å². The highest BCUT2D eigenvalue weighted by Crippen LogP contribution is 2.29. The molecule has 0 spiro atoms. The van der Waals surface area contributed by atoms with Gasteiger partial charge in [-0.15, -0.1) is 0 Å². The molecule has 0 aromatic heterocycles. The second kappa shape index (κ2) is 5.91. The van der Waals surface area contributed by atoms with Crippen molar-refractivity contribution in [3.8, 4) is 0 Å². The molecule has 106 valence electrons.